The highest BCUT2D eigenvalue weighted by Crippen LogP contribution is 2.26. The largest absolute Gasteiger partial charge is 0.496 e. The minimum atomic E-state index is 0.0719. The summed E-state index contributed by atoms with van der Waals surface area (Å²) in [5.74, 6) is 1.73. The molecule has 0 spiro atoms. The summed E-state index contributed by atoms with van der Waals surface area (Å²) in [7, 11) is 3.49. The first-order valence-electron chi connectivity index (χ1n) is 8.08. The fourth-order valence-corrected chi connectivity index (χ4v) is 3.36. The van der Waals surface area contributed by atoms with Crippen molar-refractivity contribution in [3.63, 3.8) is 0 Å². The Morgan fingerprint density at radius 1 is 1.25 bits per heavy atom. The number of aliphatic imine (C=N–C) groups is 1. The van der Waals surface area contributed by atoms with Crippen LogP contribution in [0.25, 0.3) is 0 Å². The average molecular weight is 346 g/mol. The molecule has 130 valence electrons. The van der Waals surface area contributed by atoms with Crippen LogP contribution in [0.4, 0.5) is 0 Å². The summed E-state index contributed by atoms with van der Waals surface area (Å²) in [4.78, 5) is 5.69. The number of nitrogens with zero attached hydrogens (tertiary/aromatic N) is 1. The monoisotopic (exact) mass is 345 g/mol. The molecule has 0 aliphatic carbocycles. The molecule has 4 nitrogen and oxygen atoms in total. The Kier molecular flexibility index (Phi) is 6.26. The molecule has 24 heavy (non-hydrogen) atoms. The molecular formula is C19H27N3OS. The molecule has 0 fully saturated rings. The van der Waals surface area contributed by atoms with Gasteiger partial charge in [0.15, 0.2) is 5.96 Å². The van der Waals surface area contributed by atoms with Gasteiger partial charge in [-0.05, 0) is 35.6 Å². The minimum Gasteiger partial charge on any atom is -0.496 e. The Morgan fingerprint density at radius 2 is 2.04 bits per heavy atom. The standard InChI is InChI=1S/C19H27N3OS/c1-14-11-15(8-9-16(14)23-5)12-21-18(20-4)22-13-19(2,3)17-7-6-10-24-17/h6-11H,12-13H2,1-5H3,(H2,20,21,22). The van der Waals surface area contributed by atoms with Gasteiger partial charge in [-0.15, -0.1) is 11.3 Å². The van der Waals surface area contributed by atoms with Gasteiger partial charge in [-0.2, -0.15) is 0 Å². The maximum Gasteiger partial charge on any atom is 0.191 e. The smallest absolute Gasteiger partial charge is 0.191 e. The molecule has 0 saturated heterocycles. The Bertz CT molecular complexity index is 678. The summed E-state index contributed by atoms with van der Waals surface area (Å²) in [5.41, 5.74) is 2.41. The first-order valence-corrected chi connectivity index (χ1v) is 8.96. The molecule has 2 rings (SSSR count). The molecule has 1 heterocycles. The summed E-state index contributed by atoms with van der Waals surface area (Å²) in [5, 5.41) is 8.92. The van der Waals surface area contributed by atoms with Crippen LogP contribution in [-0.4, -0.2) is 26.7 Å². The number of guanidine groups is 1. The predicted molar refractivity (Wildman–Crippen MR) is 103 cm³/mol. The number of hydrogen-bond donors (Lipinski definition) is 2. The van der Waals surface area contributed by atoms with Crippen LogP contribution < -0.4 is 15.4 Å². The molecule has 1 aromatic carbocycles. The number of aryl methyl sites for hydroxylation is 1. The molecule has 1 aromatic heterocycles. The molecule has 0 unspecified atom stereocenters. The number of nitrogens with one attached hydrogen (secondary N) is 2. The van der Waals surface area contributed by atoms with Crippen LogP contribution in [0.1, 0.15) is 29.9 Å². The Morgan fingerprint density at radius 3 is 2.62 bits per heavy atom. The van der Waals surface area contributed by atoms with Crippen molar-refractivity contribution in [3.8, 4) is 5.75 Å². The van der Waals surface area contributed by atoms with Crippen LogP contribution in [0, 0.1) is 6.92 Å². The summed E-state index contributed by atoms with van der Waals surface area (Å²) in [6, 6.07) is 10.5. The van der Waals surface area contributed by atoms with E-state index >= 15 is 0 Å². The zero-order chi connectivity index (χ0) is 17.6. The quantitative estimate of drug-likeness (QED) is 0.620. The molecule has 5 heteroatoms. The fourth-order valence-electron chi connectivity index (χ4n) is 2.51. The van der Waals surface area contributed by atoms with E-state index in [2.05, 4.69) is 66.0 Å². The second-order valence-electron chi connectivity index (χ2n) is 6.44. The van der Waals surface area contributed by atoms with Crippen molar-refractivity contribution >= 4 is 17.3 Å². The number of methoxy groups -OCH3 is 1. The van der Waals surface area contributed by atoms with E-state index in [0.717, 1.165) is 30.4 Å². The normalized spacial score (nSPS) is 12.1. The topological polar surface area (TPSA) is 45.7 Å². The second kappa shape index (κ2) is 8.20. The molecule has 2 aromatic rings. The van der Waals surface area contributed by atoms with Gasteiger partial charge in [0.05, 0.1) is 7.11 Å². The molecule has 0 aliphatic heterocycles. The average Bonchev–Trinajstić information content (AvgIpc) is 3.10. The van der Waals surface area contributed by atoms with E-state index in [0.29, 0.717) is 0 Å². The fraction of sp³-hybridized carbons (Fsp3) is 0.421. The lowest BCUT2D eigenvalue weighted by molar-refractivity contribution is 0.411. The highest BCUT2D eigenvalue weighted by molar-refractivity contribution is 7.10. The first-order chi connectivity index (χ1) is 11.5. The molecule has 0 saturated carbocycles. The highest BCUT2D eigenvalue weighted by Gasteiger charge is 2.21. The Balaban J connectivity index is 1.90. The number of rotatable bonds is 6. The van der Waals surface area contributed by atoms with E-state index < -0.39 is 0 Å². The van der Waals surface area contributed by atoms with Crippen molar-refractivity contribution in [2.75, 3.05) is 20.7 Å². The molecule has 0 aliphatic rings. The van der Waals surface area contributed by atoms with Crippen molar-refractivity contribution < 1.29 is 4.74 Å². The third-order valence-electron chi connectivity index (χ3n) is 4.03. The maximum absolute atomic E-state index is 5.30. The SMILES string of the molecule is CN=C(NCc1ccc(OC)c(C)c1)NCC(C)(C)c1cccs1. The zero-order valence-corrected chi connectivity index (χ0v) is 16.0. The highest BCUT2D eigenvalue weighted by atomic mass is 32.1. The van der Waals surface area contributed by atoms with E-state index in [-0.39, 0.29) is 5.41 Å². The molecule has 0 radical (unpaired) electrons. The predicted octanol–water partition coefficient (Wildman–Crippen LogP) is 3.71. The minimum absolute atomic E-state index is 0.0719. The maximum atomic E-state index is 5.30. The lowest BCUT2D eigenvalue weighted by Crippen LogP contribution is -2.42. The second-order valence-corrected chi connectivity index (χ2v) is 7.39. The summed E-state index contributed by atoms with van der Waals surface area (Å²) < 4.78 is 5.30. The van der Waals surface area contributed by atoms with E-state index in [1.165, 1.54) is 10.4 Å². The van der Waals surface area contributed by atoms with Crippen LogP contribution in [0.2, 0.25) is 0 Å². The van der Waals surface area contributed by atoms with E-state index in [4.69, 9.17) is 4.74 Å². The summed E-state index contributed by atoms with van der Waals surface area (Å²) in [6.07, 6.45) is 0. The van der Waals surface area contributed by atoms with Gasteiger partial charge < -0.3 is 15.4 Å². The van der Waals surface area contributed by atoms with Crippen molar-refractivity contribution in [1.82, 2.24) is 10.6 Å². The van der Waals surface area contributed by atoms with Crippen molar-refractivity contribution in [2.45, 2.75) is 32.7 Å². The van der Waals surface area contributed by atoms with Crippen molar-refractivity contribution in [2.24, 2.45) is 4.99 Å². The molecule has 2 N–H and O–H groups in total. The van der Waals surface area contributed by atoms with E-state index in [1.807, 2.05) is 6.07 Å². The number of hydrogen-bond acceptors (Lipinski definition) is 3. The summed E-state index contributed by atoms with van der Waals surface area (Å²) in [6.45, 7) is 8.09. The van der Waals surface area contributed by atoms with Gasteiger partial charge in [0.25, 0.3) is 0 Å². The number of thiophene rings is 1. The summed E-state index contributed by atoms with van der Waals surface area (Å²) >= 11 is 1.79. The van der Waals surface area contributed by atoms with Crippen LogP contribution in [0.3, 0.4) is 0 Å². The molecule has 0 amide bonds. The zero-order valence-electron chi connectivity index (χ0n) is 15.1. The third-order valence-corrected chi connectivity index (χ3v) is 5.26. The number of ether oxygens (including phenoxy) is 1. The van der Waals surface area contributed by atoms with Crippen LogP contribution in [0.5, 0.6) is 5.75 Å². The number of benzene rings is 1. The van der Waals surface area contributed by atoms with Gasteiger partial charge in [-0.1, -0.05) is 32.0 Å². The van der Waals surface area contributed by atoms with Crippen LogP contribution >= 0.6 is 11.3 Å². The van der Waals surface area contributed by atoms with Crippen molar-refractivity contribution in [3.05, 3.63) is 51.7 Å². The third kappa shape index (κ3) is 4.74. The lowest BCUT2D eigenvalue weighted by Gasteiger charge is -2.25. The Hall–Kier alpha value is -2.01. The van der Waals surface area contributed by atoms with Crippen LogP contribution in [0.15, 0.2) is 40.7 Å². The van der Waals surface area contributed by atoms with Gasteiger partial charge in [-0.25, -0.2) is 0 Å². The van der Waals surface area contributed by atoms with Gasteiger partial charge in [0.1, 0.15) is 5.75 Å². The van der Waals surface area contributed by atoms with Crippen LogP contribution in [-0.2, 0) is 12.0 Å². The molecule has 0 atom stereocenters. The molecular weight excluding hydrogens is 318 g/mol. The molecule has 0 bridgehead atoms. The lowest BCUT2D eigenvalue weighted by atomic mass is 9.91. The van der Waals surface area contributed by atoms with Gasteiger partial charge in [0, 0.05) is 30.4 Å². The first kappa shape index (κ1) is 18.3. The van der Waals surface area contributed by atoms with Crippen molar-refractivity contribution in [1.29, 1.82) is 0 Å². The van der Waals surface area contributed by atoms with Gasteiger partial charge in [0.2, 0.25) is 0 Å². The Labute approximate surface area is 149 Å². The van der Waals surface area contributed by atoms with E-state index in [9.17, 15) is 0 Å². The van der Waals surface area contributed by atoms with Gasteiger partial charge >= 0.3 is 0 Å². The van der Waals surface area contributed by atoms with E-state index in [1.54, 1.807) is 25.5 Å². The van der Waals surface area contributed by atoms with Gasteiger partial charge in [-0.3, -0.25) is 4.99 Å².